The summed E-state index contributed by atoms with van der Waals surface area (Å²) in [6.45, 7) is 1.90. The van der Waals surface area contributed by atoms with Crippen LogP contribution in [0.15, 0.2) is 33.5 Å². The van der Waals surface area contributed by atoms with Gasteiger partial charge in [0.2, 0.25) is 6.29 Å². The van der Waals surface area contributed by atoms with E-state index in [1.54, 1.807) is 0 Å². The number of rotatable bonds is 18. The van der Waals surface area contributed by atoms with Gasteiger partial charge in [0.25, 0.3) is 0 Å². The first-order valence-corrected chi connectivity index (χ1v) is 15.1. The van der Waals surface area contributed by atoms with Gasteiger partial charge in [-0.15, -0.1) is 0 Å². The van der Waals surface area contributed by atoms with Gasteiger partial charge < -0.3 is 39.1 Å². The van der Waals surface area contributed by atoms with Crippen LogP contribution in [0.3, 0.4) is 0 Å². The summed E-state index contributed by atoms with van der Waals surface area (Å²) in [4.78, 5) is 23.6. The van der Waals surface area contributed by atoms with Crippen molar-refractivity contribution in [3.05, 3.63) is 34.7 Å². The van der Waals surface area contributed by atoms with Crippen LogP contribution in [0.4, 0.5) is 0 Å². The van der Waals surface area contributed by atoms with Gasteiger partial charge in [0.1, 0.15) is 36.6 Å². The highest BCUT2D eigenvalue weighted by Crippen LogP contribution is 2.34. The fraction of sp³-hybridized carbons (Fsp3) is 0.677. The van der Waals surface area contributed by atoms with Crippen LogP contribution in [0.25, 0.3) is 11.0 Å². The number of carbonyl (C=O) groups excluding carboxylic acids is 1. The number of carbonyl (C=O) groups is 1. The Morgan fingerprint density at radius 1 is 0.829 bits per heavy atom. The smallest absolute Gasteiger partial charge is 0.336 e. The number of ether oxygens (including phenoxy) is 3. The molecule has 0 amide bonds. The molecule has 0 saturated carbocycles. The van der Waals surface area contributed by atoms with E-state index < -0.39 is 42.3 Å². The summed E-state index contributed by atoms with van der Waals surface area (Å²) >= 11 is 0. The SMILES string of the molecule is CCCCCCCCCCCCCCCC(=O)OCC1OC(Oc2cc3ccc(=O)oc3cc2O)C(O)C(O)C1O. The fourth-order valence-corrected chi connectivity index (χ4v) is 4.99. The first-order valence-electron chi connectivity index (χ1n) is 15.1. The Labute approximate surface area is 241 Å². The molecular weight excluding hydrogens is 532 g/mol. The van der Waals surface area contributed by atoms with E-state index in [1.807, 2.05) is 0 Å². The molecule has 1 aliphatic heterocycles. The van der Waals surface area contributed by atoms with E-state index >= 15 is 0 Å². The molecule has 3 rings (SSSR count). The minimum absolute atomic E-state index is 0.0999. The molecule has 1 aromatic heterocycles. The summed E-state index contributed by atoms with van der Waals surface area (Å²) in [7, 11) is 0. The average Bonchev–Trinajstić information content (AvgIpc) is 2.95. The average molecular weight is 579 g/mol. The zero-order valence-corrected chi connectivity index (χ0v) is 24.0. The van der Waals surface area contributed by atoms with E-state index in [0.717, 1.165) is 19.3 Å². The van der Waals surface area contributed by atoms with E-state index in [9.17, 15) is 30.0 Å². The predicted octanol–water partition coefficient (Wildman–Crippen LogP) is 4.71. The van der Waals surface area contributed by atoms with Crippen LogP contribution in [-0.4, -0.2) is 63.7 Å². The number of aliphatic hydroxyl groups excluding tert-OH is 3. The number of aliphatic hydroxyl groups is 3. The predicted molar refractivity (Wildman–Crippen MR) is 153 cm³/mol. The lowest BCUT2D eigenvalue weighted by atomic mass is 9.99. The van der Waals surface area contributed by atoms with Gasteiger partial charge in [-0.05, 0) is 18.6 Å². The third kappa shape index (κ3) is 10.6. The van der Waals surface area contributed by atoms with Crippen molar-refractivity contribution in [1.82, 2.24) is 0 Å². The molecule has 1 aromatic carbocycles. The molecule has 10 heteroatoms. The maximum atomic E-state index is 12.2. The molecule has 1 aliphatic rings. The zero-order chi connectivity index (χ0) is 29.6. The van der Waals surface area contributed by atoms with Crippen LogP contribution in [-0.2, 0) is 14.3 Å². The van der Waals surface area contributed by atoms with Gasteiger partial charge in [-0.1, -0.05) is 84.0 Å². The Balaban J connectivity index is 1.35. The van der Waals surface area contributed by atoms with Gasteiger partial charge in [-0.25, -0.2) is 4.79 Å². The summed E-state index contributed by atoms with van der Waals surface area (Å²) in [5, 5.41) is 41.8. The molecule has 2 aromatic rings. The second kappa shape index (κ2) is 17.3. The molecule has 4 N–H and O–H groups in total. The summed E-state index contributed by atoms with van der Waals surface area (Å²) in [5.41, 5.74) is -0.448. The van der Waals surface area contributed by atoms with Gasteiger partial charge >= 0.3 is 11.6 Å². The van der Waals surface area contributed by atoms with Crippen LogP contribution in [0.1, 0.15) is 96.8 Å². The van der Waals surface area contributed by atoms with Crippen molar-refractivity contribution in [1.29, 1.82) is 0 Å². The Hall–Kier alpha value is -2.66. The molecule has 0 radical (unpaired) electrons. The highest BCUT2D eigenvalue weighted by atomic mass is 16.7. The van der Waals surface area contributed by atoms with Crippen LogP contribution in [0.5, 0.6) is 11.5 Å². The number of phenols is 1. The molecular formula is C31H46O10. The maximum Gasteiger partial charge on any atom is 0.336 e. The van der Waals surface area contributed by atoms with Crippen molar-refractivity contribution in [2.24, 2.45) is 0 Å². The Kier molecular flexibility index (Phi) is 13.9. The first-order chi connectivity index (χ1) is 19.8. The van der Waals surface area contributed by atoms with E-state index in [0.29, 0.717) is 11.8 Å². The zero-order valence-electron chi connectivity index (χ0n) is 24.0. The largest absolute Gasteiger partial charge is 0.504 e. The molecule has 0 spiro atoms. The summed E-state index contributed by atoms with van der Waals surface area (Å²) in [6.07, 6.45) is 8.48. The van der Waals surface area contributed by atoms with E-state index in [2.05, 4.69) is 6.92 Å². The van der Waals surface area contributed by atoms with E-state index in [4.69, 9.17) is 18.6 Å². The normalized spacial score (nSPS) is 22.6. The Morgan fingerprint density at radius 2 is 1.44 bits per heavy atom. The van der Waals surface area contributed by atoms with Gasteiger partial charge in [0.15, 0.2) is 11.5 Å². The lowest BCUT2D eigenvalue weighted by molar-refractivity contribution is -0.278. The highest BCUT2D eigenvalue weighted by Gasteiger charge is 2.45. The molecule has 1 saturated heterocycles. The van der Waals surface area contributed by atoms with Crippen molar-refractivity contribution >= 4 is 16.9 Å². The topological polar surface area (TPSA) is 156 Å². The van der Waals surface area contributed by atoms with Crippen molar-refractivity contribution in [3.63, 3.8) is 0 Å². The van der Waals surface area contributed by atoms with E-state index in [-0.39, 0.29) is 30.1 Å². The minimum Gasteiger partial charge on any atom is -0.504 e. The number of aromatic hydroxyl groups is 1. The molecule has 2 heterocycles. The third-order valence-corrected chi connectivity index (χ3v) is 7.51. The molecule has 41 heavy (non-hydrogen) atoms. The van der Waals surface area contributed by atoms with Crippen molar-refractivity contribution in [2.75, 3.05) is 6.61 Å². The number of hydrogen-bond acceptors (Lipinski definition) is 10. The standard InChI is InChI=1S/C31H46O10/c1-2-3-4-5-6-7-8-9-10-11-12-13-14-15-26(33)38-20-25-28(35)29(36)30(37)31(41-25)40-24-18-21-16-17-27(34)39-23(21)19-22(24)32/h16-19,25,28-32,35-37H,2-15,20H2,1H3. The Morgan fingerprint density at radius 3 is 2.07 bits per heavy atom. The molecule has 5 atom stereocenters. The quantitative estimate of drug-likeness (QED) is 0.111. The van der Waals surface area contributed by atoms with Crippen molar-refractivity contribution < 1.29 is 43.8 Å². The summed E-state index contributed by atoms with van der Waals surface area (Å²) in [6, 6.07) is 5.25. The number of benzene rings is 1. The molecule has 5 unspecified atom stereocenters. The van der Waals surface area contributed by atoms with E-state index in [1.165, 1.54) is 82.1 Å². The third-order valence-electron chi connectivity index (χ3n) is 7.51. The Bertz CT molecular complexity index is 1120. The minimum atomic E-state index is -1.65. The van der Waals surface area contributed by atoms with Crippen LogP contribution >= 0.6 is 0 Å². The second-order valence-electron chi connectivity index (χ2n) is 10.9. The van der Waals surface area contributed by atoms with Gasteiger partial charge in [-0.3, -0.25) is 4.79 Å². The monoisotopic (exact) mass is 578 g/mol. The van der Waals surface area contributed by atoms with Crippen LogP contribution in [0, 0.1) is 0 Å². The number of phenolic OH excluding ortho intramolecular Hbond substituents is 1. The number of unbranched alkanes of at least 4 members (excludes halogenated alkanes) is 12. The van der Waals surface area contributed by atoms with Gasteiger partial charge in [0.05, 0.1) is 0 Å². The highest BCUT2D eigenvalue weighted by molar-refractivity contribution is 5.80. The molecule has 0 bridgehead atoms. The maximum absolute atomic E-state index is 12.2. The molecule has 10 nitrogen and oxygen atoms in total. The summed E-state index contributed by atoms with van der Waals surface area (Å²) in [5.74, 6) is -0.920. The number of hydrogen-bond donors (Lipinski definition) is 4. The van der Waals surface area contributed by atoms with Crippen molar-refractivity contribution in [3.8, 4) is 11.5 Å². The molecule has 1 fully saturated rings. The first kappa shape index (κ1) is 32.8. The lowest BCUT2D eigenvalue weighted by Gasteiger charge is -2.39. The fourth-order valence-electron chi connectivity index (χ4n) is 4.99. The molecule has 230 valence electrons. The number of esters is 1. The van der Waals surface area contributed by atoms with Crippen LogP contribution < -0.4 is 10.4 Å². The number of fused-ring (bicyclic) bond motifs is 1. The van der Waals surface area contributed by atoms with Gasteiger partial charge in [-0.2, -0.15) is 0 Å². The summed E-state index contributed by atoms with van der Waals surface area (Å²) < 4.78 is 21.5. The van der Waals surface area contributed by atoms with Crippen LogP contribution in [0.2, 0.25) is 0 Å². The second-order valence-corrected chi connectivity index (χ2v) is 10.9. The molecule has 0 aliphatic carbocycles. The van der Waals surface area contributed by atoms with Crippen molar-refractivity contribution in [2.45, 2.75) is 128 Å². The lowest BCUT2D eigenvalue weighted by Crippen LogP contribution is -2.60. The van der Waals surface area contributed by atoms with Gasteiger partial charge in [0, 0.05) is 23.9 Å².